The molecule has 0 amide bonds. The van der Waals surface area contributed by atoms with E-state index in [0.29, 0.717) is 6.42 Å². The van der Waals surface area contributed by atoms with E-state index in [9.17, 15) is 4.79 Å². The van der Waals surface area contributed by atoms with Gasteiger partial charge < -0.3 is 4.79 Å². The summed E-state index contributed by atoms with van der Waals surface area (Å²) in [5.74, 6) is 1.28. The van der Waals surface area contributed by atoms with Gasteiger partial charge in [-0.15, -0.1) is 11.8 Å². The molecule has 0 unspecified atom stereocenters. The predicted molar refractivity (Wildman–Crippen MR) is 57.3 cm³/mol. The van der Waals surface area contributed by atoms with E-state index in [4.69, 9.17) is 0 Å². The van der Waals surface area contributed by atoms with Gasteiger partial charge in [0.1, 0.15) is 10.8 Å². The van der Waals surface area contributed by atoms with Crippen LogP contribution in [-0.2, 0) is 4.79 Å². The quantitative estimate of drug-likeness (QED) is 0.534. The molecule has 0 N–H and O–H groups in total. The van der Waals surface area contributed by atoms with Gasteiger partial charge >= 0.3 is 0 Å². The summed E-state index contributed by atoms with van der Waals surface area (Å²) in [5, 5.41) is 0.954. The Morgan fingerprint density at radius 1 is 1.43 bits per heavy atom. The Kier molecular flexibility index (Phi) is 5.22. The lowest BCUT2D eigenvalue weighted by molar-refractivity contribution is -0.117. The van der Waals surface area contributed by atoms with Gasteiger partial charge in [-0.1, -0.05) is 0 Å². The van der Waals surface area contributed by atoms with Crippen LogP contribution in [0.1, 0.15) is 26.2 Å². The van der Waals surface area contributed by atoms with Crippen molar-refractivity contribution in [3.05, 3.63) is 18.6 Å². The van der Waals surface area contributed by atoms with Crippen LogP contribution < -0.4 is 0 Å². The van der Waals surface area contributed by atoms with E-state index in [1.807, 2.05) is 0 Å². The van der Waals surface area contributed by atoms with Crippen LogP contribution in [0.4, 0.5) is 0 Å². The Bertz CT molecular complexity index is 277. The monoisotopic (exact) mass is 210 g/mol. The largest absolute Gasteiger partial charge is 0.300 e. The van der Waals surface area contributed by atoms with Gasteiger partial charge in [-0.05, 0) is 25.5 Å². The van der Waals surface area contributed by atoms with Gasteiger partial charge in [-0.3, -0.25) is 4.98 Å². The number of aromatic nitrogens is 2. The number of ketones is 1. The van der Waals surface area contributed by atoms with Crippen molar-refractivity contribution in [2.75, 3.05) is 5.75 Å². The van der Waals surface area contributed by atoms with Gasteiger partial charge in [-0.2, -0.15) is 0 Å². The van der Waals surface area contributed by atoms with Crippen molar-refractivity contribution in [3.8, 4) is 0 Å². The number of carbonyl (C=O) groups excluding carboxylic acids is 1. The second-order valence-electron chi connectivity index (χ2n) is 3.05. The number of nitrogens with zero attached hydrogens (tertiary/aromatic N) is 2. The minimum Gasteiger partial charge on any atom is -0.300 e. The second-order valence-corrected chi connectivity index (χ2v) is 4.17. The summed E-state index contributed by atoms with van der Waals surface area (Å²) < 4.78 is 0. The molecule has 0 spiro atoms. The van der Waals surface area contributed by atoms with E-state index in [0.717, 1.165) is 23.6 Å². The molecule has 0 bridgehead atoms. The van der Waals surface area contributed by atoms with Crippen molar-refractivity contribution >= 4 is 17.5 Å². The average Bonchev–Trinajstić information content (AvgIpc) is 2.18. The fourth-order valence-electron chi connectivity index (χ4n) is 1.01. The Labute approximate surface area is 88.3 Å². The first kappa shape index (κ1) is 11.2. The summed E-state index contributed by atoms with van der Waals surface area (Å²) >= 11 is 1.69. The van der Waals surface area contributed by atoms with Crippen LogP contribution in [0.3, 0.4) is 0 Å². The normalized spacial score (nSPS) is 10.1. The minimum absolute atomic E-state index is 0.273. The van der Waals surface area contributed by atoms with Gasteiger partial charge in [0.25, 0.3) is 0 Å². The third-order valence-electron chi connectivity index (χ3n) is 1.71. The van der Waals surface area contributed by atoms with Crippen molar-refractivity contribution in [1.82, 2.24) is 9.97 Å². The fraction of sp³-hybridized carbons (Fsp3) is 0.500. The van der Waals surface area contributed by atoms with Crippen molar-refractivity contribution in [1.29, 1.82) is 0 Å². The number of carbonyl (C=O) groups is 1. The number of hydrogen-bond donors (Lipinski definition) is 0. The van der Waals surface area contributed by atoms with E-state index < -0.39 is 0 Å². The van der Waals surface area contributed by atoms with Gasteiger partial charge in [-0.25, -0.2) is 4.98 Å². The summed E-state index contributed by atoms with van der Waals surface area (Å²) in [6.45, 7) is 1.63. The van der Waals surface area contributed by atoms with Crippen molar-refractivity contribution < 1.29 is 4.79 Å². The zero-order chi connectivity index (χ0) is 10.2. The lowest BCUT2D eigenvalue weighted by Crippen LogP contribution is -1.90. The van der Waals surface area contributed by atoms with Crippen LogP contribution in [0.2, 0.25) is 0 Å². The molecule has 0 aliphatic carbocycles. The van der Waals surface area contributed by atoms with E-state index in [1.54, 1.807) is 37.3 Å². The highest BCUT2D eigenvalue weighted by atomic mass is 32.2. The molecule has 3 nitrogen and oxygen atoms in total. The first-order valence-corrected chi connectivity index (χ1v) is 5.66. The Morgan fingerprint density at radius 3 is 2.93 bits per heavy atom. The summed E-state index contributed by atoms with van der Waals surface area (Å²) in [4.78, 5) is 18.8. The van der Waals surface area contributed by atoms with Crippen LogP contribution in [0.15, 0.2) is 23.6 Å². The molecule has 14 heavy (non-hydrogen) atoms. The highest BCUT2D eigenvalue weighted by Crippen LogP contribution is 2.15. The van der Waals surface area contributed by atoms with Crippen LogP contribution in [0.5, 0.6) is 0 Å². The number of thioether (sulfide) groups is 1. The topological polar surface area (TPSA) is 42.9 Å². The maximum atomic E-state index is 10.6. The third kappa shape index (κ3) is 4.97. The maximum Gasteiger partial charge on any atom is 0.129 e. The summed E-state index contributed by atoms with van der Waals surface area (Å²) in [5.41, 5.74) is 0. The van der Waals surface area contributed by atoms with Crippen LogP contribution in [-0.4, -0.2) is 21.5 Å². The summed E-state index contributed by atoms with van der Waals surface area (Å²) in [6, 6.07) is 0. The van der Waals surface area contributed by atoms with Gasteiger partial charge in [0, 0.05) is 18.8 Å². The van der Waals surface area contributed by atoms with Crippen LogP contribution >= 0.6 is 11.8 Å². The van der Waals surface area contributed by atoms with E-state index in [-0.39, 0.29) is 5.78 Å². The molecule has 1 heterocycles. The molecule has 4 heteroatoms. The van der Waals surface area contributed by atoms with Crippen molar-refractivity contribution in [2.45, 2.75) is 31.2 Å². The summed E-state index contributed by atoms with van der Waals surface area (Å²) in [6.07, 6.45) is 7.85. The molecular weight excluding hydrogens is 196 g/mol. The molecule has 0 fully saturated rings. The number of unbranched alkanes of at least 4 members (excludes halogenated alkanes) is 1. The first-order valence-electron chi connectivity index (χ1n) is 4.67. The Balaban J connectivity index is 2.08. The average molecular weight is 210 g/mol. The molecule has 1 aromatic heterocycles. The smallest absolute Gasteiger partial charge is 0.129 e. The SMILES string of the molecule is CC(=O)CCCCSc1cnccn1. The van der Waals surface area contributed by atoms with Crippen LogP contribution in [0, 0.1) is 0 Å². The summed E-state index contributed by atoms with van der Waals surface area (Å²) in [7, 11) is 0. The molecule has 76 valence electrons. The van der Waals surface area contributed by atoms with E-state index in [2.05, 4.69) is 9.97 Å². The third-order valence-corrected chi connectivity index (χ3v) is 2.71. The highest BCUT2D eigenvalue weighted by molar-refractivity contribution is 7.99. The second kappa shape index (κ2) is 6.54. The molecule has 0 atom stereocenters. The molecule has 0 saturated heterocycles. The molecule has 1 rings (SSSR count). The van der Waals surface area contributed by atoms with Crippen LogP contribution in [0.25, 0.3) is 0 Å². The fourth-order valence-corrected chi connectivity index (χ4v) is 1.84. The molecule has 0 aliphatic rings. The lowest BCUT2D eigenvalue weighted by Gasteiger charge is -1.98. The molecule has 1 aromatic rings. The zero-order valence-corrected chi connectivity index (χ0v) is 9.09. The van der Waals surface area contributed by atoms with Gasteiger partial charge in [0.15, 0.2) is 0 Å². The standard InChI is InChI=1S/C10H14N2OS/c1-9(13)4-2-3-7-14-10-8-11-5-6-12-10/h5-6,8H,2-4,7H2,1H3. The lowest BCUT2D eigenvalue weighted by atomic mass is 10.2. The molecule has 0 radical (unpaired) electrons. The molecular formula is C10H14N2OS. The zero-order valence-electron chi connectivity index (χ0n) is 8.27. The Morgan fingerprint density at radius 2 is 2.29 bits per heavy atom. The first-order chi connectivity index (χ1) is 6.79. The highest BCUT2D eigenvalue weighted by Gasteiger charge is 1.96. The molecule has 0 aliphatic heterocycles. The number of Topliss-reactive ketones (excluding diaryl/α,β-unsaturated/α-hetero) is 1. The van der Waals surface area contributed by atoms with Gasteiger partial charge in [0.05, 0.1) is 6.20 Å². The van der Waals surface area contributed by atoms with Gasteiger partial charge in [0.2, 0.25) is 0 Å². The van der Waals surface area contributed by atoms with Crippen molar-refractivity contribution in [2.24, 2.45) is 0 Å². The van der Waals surface area contributed by atoms with E-state index in [1.165, 1.54) is 0 Å². The molecule has 0 saturated carbocycles. The Hall–Kier alpha value is -0.900. The number of rotatable bonds is 6. The number of hydrogen-bond acceptors (Lipinski definition) is 4. The van der Waals surface area contributed by atoms with E-state index >= 15 is 0 Å². The van der Waals surface area contributed by atoms with Crippen molar-refractivity contribution in [3.63, 3.8) is 0 Å². The minimum atomic E-state index is 0.273. The molecule has 0 aromatic carbocycles. The predicted octanol–water partition coefficient (Wildman–Crippen LogP) is 2.33. The maximum absolute atomic E-state index is 10.6.